The van der Waals surface area contributed by atoms with Crippen molar-refractivity contribution in [2.24, 2.45) is 0 Å². The highest BCUT2D eigenvalue weighted by atomic mass is 16.5. The molecule has 1 aromatic carbocycles. The first-order chi connectivity index (χ1) is 9.74. The lowest BCUT2D eigenvalue weighted by Gasteiger charge is -2.26. The van der Waals surface area contributed by atoms with Gasteiger partial charge in [0.05, 0.1) is 7.11 Å². The first-order valence-corrected chi connectivity index (χ1v) is 7.25. The number of hydrogen-bond donors (Lipinski definition) is 1. The van der Waals surface area contributed by atoms with Crippen LogP contribution in [0.15, 0.2) is 18.2 Å². The summed E-state index contributed by atoms with van der Waals surface area (Å²) in [6.07, 6.45) is 3.37. The van der Waals surface area contributed by atoms with E-state index in [1.807, 2.05) is 13.0 Å². The van der Waals surface area contributed by atoms with Crippen LogP contribution in [0.3, 0.4) is 0 Å². The first-order valence-electron chi connectivity index (χ1n) is 7.25. The van der Waals surface area contributed by atoms with Crippen molar-refractivity contribution < 1.29 is 14.3 Å². The second kappa shape index (κ2) is 7.29. The molecule has 0 saturated heterocycles. The van der Waals surface area contributed by atoms with E-state index in [9.17, 15) is 4.79 Å². The van der Waals surface area contributed by atoms with Crippen LogP contribution in [0.1, 0.15) is 36.8 Å². The summed E-state index contributed by atoms with van der Waals surface area (Å²) in [5.41, 5.74) is 2.69. The van der Waals surface area contributed by atoms with Crippen LogP contribution in [0.5, 0.6) is 5.75 Å². The minimum Gasteiger partial charge on any atom is -0.497 e. The number of nitrogens with one attached hydrogen (secondary N) is 1. The van der Waals surface area contributed by atoms with Crippen LogP contribution in [0.4, 0.5) is 0 Å². The molecule has 1 aliphatic rings. The lowest BCUT2D eigenvalue weighted by atomic mass is 9.82. The molecule has 1 aliphatic carbocycles. The van der Waals surface area contributed by atoms with E-state index in [0.29, 0.717) is 19.1 Å². The number of amides is 1. The Kier molecular flexibility index (Phi) is 5.41. The predicted octanol–water partition coefficient (Wildman–Crippen LogP) is 2.27. The van der Waals surface area contributed by atoms with Crippen LogP contribution in [-0.2, 0) is 16.0 Å². The Morgan fingerprint density at radius 2 is 2.30 bits per heavy atom. The van der Waals surface area contributed by atoms with Gasteiger partial charge in [-0.15, -0.1) is 0 Å². The molecule has 4 heteroatoms. The quantitative estimate of drug-likeness (QED) is 0.867. The summed E-state index contributed by atoms with van der Waals surface area (Å²) in [7, 11) is 1.69. The summed E-state index contributed by atoms with van der Waals surface area (Å²) in [6.45, 7) is 3.29. The Morgan fingerprint density at radius 3 is 3.05 bits per heavy atom. The fraction of sp³-hybridized carbons (Fsp3) is 0.562. The molecule has 0 spiro atoms. The number of methoxy groups -OCH3 is 1. The molecule has 1 atom stereocenters. The second-order valence-corrected chi connectivity index (χ2v) is 5.10. The molecule has 20 heavy (non-hydrogen) atoms. The topological polar surface area (TPSA) is 47.6 Å². The zero-order valence-electron chi connectivity index (χ0n) is 12.3. The molecule has 0 bridgehead atoms. The van der Waals surface area contributed by atoms with Crippen LogP contribution in [0, 0.1) is 0 Å². The van der Waals surface area contributed by atoms with E-state index in [-0.39, 0.29) is 12.5 Å². The zero-order valence-corrected chi connectivity index (χ0v) is 12.3. The van der Waals surface area contributed by atoms with Crippen molar-refractivity contribution in [3.63, 3.8) is 0 Å². The van der Waals surface area contributed by atoms with E-state index in [1.165, 1.54) is 11.1 Å². The highest BCUT2D eigenvalue weighted by molar-refractivity contribution is 5.77. The molecule has 1 aromatic rings. The third kappa shape index (κ3) is 3.73. The molecule has 1 unspecified atom stereocenters. The Hall–Kier alpha value is -1.55. The molecule has 4 nitrogen and oxygen atoms in total. The van der Waals surface area contributed by atoms with Gasteiger partial charge in [-0.05, 0) is 49.4 Å². The summed E-state index contributed by atoms with van der Waals surface area (Å²) in [6, 6.07) is 6.25. The van der Waals surface area contributed by atoms with Crippen LogP contribution in [0.2, 0.25) is 0 Å². The molecule has 110 valence electrons. The summed E-state index contributed by atoms with van der Waals surface area (Å²) in [4.78, 5) is 11.6. The van der Waals surface area contributed by atoms with Gasteiger partial charge in [0.15, 0.2) is 0 Å². The number of ether oxygens (including phenoxy) is 2. The minimum atomic E-state index is -0.0347. The summed E-state index contributed by atoms with van der Waals surface area (Å²) >= 11 is 0. The lowest BCUT2D eigenvalue weighted by molar-refractivity contribution is -0.125. The summed E-state index contributed by atoms with van der Waals surface area (Å²) in [5, 5.41) is 2.96. The number of carbonyl (C=O) groups is 1. The molecule has 1 N–H and O–H groups in total. The summed E-state index contributed by atoms with van der Waals surface area (Å²) < 4.78 is 10.4. The molecule has 2 rings (SSSR count). The zero-order chi connectivity index (χ0) is 14.4. The van der Waals surface area contributed by atoms with Gasteiger partial charge < -0.3 is 14.8 Å². The third-order valence-electron chi connectivity index (χ3n) is 3.77. The van der Waals surface area contributed by atoms with Gasteiger partial charge in [0, 0.05) is 19.1 Å². The SMILES string of the molecule is CCOCC(=O)NCC1CCCc2cc(OC)ccc21. The van der Waals surface area contributed by atoms with Crippen LogP contribution in [0.25, 0.3) is 0 Å². The van der Waals surface area contributed by atoms with Gasteiger partial charge in [0.2, 0.25) is 5.91 Å². The molecular formula is C16H23NO3. The second-order valence-electron chi connectivity index (χ2n) is 5.10. The maximum absolute atomic E-state index is 11.6. The van der Waals surface area contributed by atoms with Crippen LogP contribution < -0.4 is 10.1 Å². The van der Waals surface area contributed by atoms with Crippen molar-refractivity contribution in [2.45, 2.75) is 32.1 Å². The highest BCUT2D eigenvalue weighted by Crippen LogP contribution is 2.33. The minimum absolute atomic E-state index is 0.0347. The van der Waals surface area contributed by atoms with Gasteiger partial charge in [0.25, 0.3) is 0 Å². The Balaban J connectivity index is 1.96. The van der Waals surface area contributed by atoms with Crippen molar-refractivity contribution in [2.75, 3.05) is 26.9 Å². The fourth-order valence-corrected chi connectivity index (χ4v) is 2.71. The summed E-state index contributed by atoms with van der Waals surface area (Å²) in [5.74, 6) is 1.27. The van der Waals surface area contributed by atoms with Gasteiger partial charge in [-0.2, -0.15) is 0 Å². The van der Waals surface area contributed by atoms with E-state index in [0.717, 1.165) is 25.0 Å². The van der Waals surface area contributed by atoms with Gasteiger partial charge >= 0.3 is 0 Å². The first kappa shape index (κ1) is 14.9. The van der Waals surface area contributed by atoms with E-state index in [2.05, 4.69) is 17.4 Å². The van der Waals surface area contributed by atoms with Crippen LogP contribution in [-0.4, -0.2) is 32.8 Å². The molecule has 1 amide bonds. The number of rotatable bonds is 6. The normalized spacial score (nSPS) is 17.4. The monoisotopic (exact) mass is 277 g/mol. The van der Waals surface area contributed by atoms with Gasteiger partial charge in [-0.3, -0.25) is 4.79 Å². The van der Waals surface area contributed by atoms with Crippen LogP contribution >= 0.6 is 0 Å². The Labute approximate surface area is 120 Å². The smallest absolute Gasteiger partial charge is 0.246 e. The molecule has 0 aromatic heterocycles. The number of aryl methyl sites for hydroxylation is 1. The van der Waals surface area contributed by atoms with Crippen molar-refractivity contribution in [1.82, 2.24) is 5.32 Å². The standard InChI is InChI=1S/C16H23NO3/c1-3-20-11-16(18)17-10-13-6-4-5-12-9-14(19-2)7-8-15(12)13/h7-9,13H,3-6,10-11H2,1-2H3,(H,17,18). The Bertz CT molecular complexity index is 459. The molecular weight excluding hydrogens is 254 g/mol. The molecule has 0 aliphatic heterocycles. The average molecular weight is 277 g/mol. The van der Waals surface area contributed by atoms with Crippen molar-refractivity contribution in [3.05, 3.63) is 29.3 Å². The fourth-order valence-electron chi connectivity index (χ4n) is 2.71. The molecule has 0 fully saturated rings. The van der Waals surface area contributed by atoms with E-state index in [1.54, 1.807) is 7.11 Å². The van der Waals surface area contributed by atoms with Gasteiger partial charge in [-0.1, -0.05) is 6.07 Å². The van der Waals surface area contributed by atoms with Gasteiger partial charge in [-0.25, -0.2) is 0 Å². The molecule has 0 saturated carbocycles. The van der Waals surface area contributed by atoms with E-state index in [4.69, 9.17) is 9.47 Å². The molecule has 0 radical (unpaired) electrons. The molecule has 0 heterocycles. The van der Waals surface area contributed by atoms with Crippen molar-refractivity contribution in [1.29, 1.82) is 0 Å². The number of hydrogen-bond acceptors (Lipinski definition) is 3. The number of fused-ring (bicyclic) bond motifs is 1. The lowest BCUT2D eigenvalue weighted by Crippen LogP contribution is -2.32. The maximum Gasteiger partial charge on any atom is 0.246 e. The average Bonchev–Trinajstić information content (AvgIpc) is 2.50. The van der Waals surface area contributed by atoms with Crippen molar-refractivity contribution >= 4 is 5.91 Å². The van der Waals surface area contributed by atoms with E-state index >= 15 is 0 Å². The highest BCUT2D eigenvalue weighted by Gasteiger charge is 2.21. The number of carbonyl (C=O) groups excluding carboxylic acids is 1. The maximum atomic E-state index is 11.6. The Morgan fingerprint density at radius 1 is 1.45 bits per heavy atom. The number of benzene rings is 1. The van der Waals surface area contributed by atoms with Gasteiger partial charge in [0.1, 0.15) is 12.4 Å². The van der Waals surface area contributed by atoms with E-state index < -0.39 is 0 Å². The third-order valence-corrected chi connectivity index (χ3v) is 3.77. The largest absolute Gasteiger partial charge is 0.497 e. The predicted molar refractivity (Wildman–Crippen MR) is 78.2 cm³/mol. The van der Waals surface area contributed by atoms with Crippen molar-refractivity contribution in [3.8, 4) is 5.75 Å².